The Labute approximate surface area is 178 Å². The number of rotatable bonds is 5. The Morgan fingerprint density at radius 3 is 2.35 bits per heavy atom. The predicted octanol–water partition coefficient (Wildman–Crippen LogP) is 3.66. The lowest BCUT2D eigenvalue weighted by Crippen LogP contribution is -2.48. The number of hydrogen-bond acceptors (Lipinski definition) is 4. The van der Waals surface area contributed by atoms with E-state index in [1.54, 1.807) is 18.2 Å². The lowest BCUT2D eigenvalue weighted by atomic mass is 10.0. The van der Waals surface area contributed by atoms with Gasteiger partial charge in [0.1, 0.15) is 0 Å². The highest BCUT2D eigenvalue weighted by molar-refractivity contribution is 5.97. The van der Waals surface area contributed by atoms with Gasteiger partial charge in [-0.05, 0) is 30.2 Å². The molecule has 0 saturated carbocycles. The van der Waals surface area contributed by atoms with Gasteiger partial charge < -0.3 is 10.2 Å². The molecule has 8 heteroatoms. The minimum atomic E-state index is -4.36. The van der Waals surface area contributed by atoms with E-state index in [1.807, 2.05) is 21.9 Å². The Hall–Kier alpha value is -2.87. The van der Waals surface area contributed by atoms with E-state index in [4.69, 9.17) is 0 Å². The van der Waals surface area contributed by atoms with Crippen LogP contribution in [0, 0.1) is 0 Å². The monoisotopic (exact) mass is 431 g/mol. The van der Waals surface area contributed by atoms with Gasteiger partial charge in [-0.3, -0.25) is 14.5 Å². The zero-order valence-electron chi connectivity index (χ0n) is 17.0. The zero-order chi connectivity index (χ0) is 22.0. The van der Waals surface area contributed by atoms with Crippen LogP contribution in [0.2, 0.25) is 0 Å². The average Bonchev–Trinajstić information content (AvgIpc) is 3.20. The molecule has 0 radical (unpaired) electrons. The van der Waals surface area contributed by atoms with Crippen molar-refractivity contribution in [3.8, 4) is 0 Å². The molecule has 2 fully saturated rings. The zero-order valence-corrected chi connectivity index (χ0v) is 17.0. The molecule has 2 aromatic carbocycles. The molecule has 0 spiro atoms. The lowest BCUT2D eigenvalue weighted by molar-refractivity contribution is -0.137. The van der Waals surface area contributed by atoms with Gasteiger partial charge in [-0.2, -0.15) is 13.2 Å². The van der Waals surface area contributed by atoms with Crippen LogP contribution in [0.4, 0.5) is 18.9 Å². The first-order valence-corrected chi connectivity index (χ1v) is 10.4. The van der Waals surface area contributed by atoms with Crippen molar-refractivity contribution in [2.24, 2.45) is 0 Å². The van der Waals surface area contributed by atoms with E-state index in [2.05, 4.69) is 5.32 Å². The third-order valence-electron chi connectivity index (χ3n) is 5.91. The molecule has 31 heavy (non-hydrogen) atoms. The summed E-state index contributed by atoms with van der Waals surface area (Å²) in [5, 5.41) is 2.91. The van der Waals surface area contributed by atoms with Crippen molar-refractivity contribution in [1.29, 1.82) is 0 Å². The summed E-state index contributed by atoms with van der Waals surface area (Å²) >= 11 is 0. The number of carbonyl (C=O) groups excluding carboxylic acids is 2. The minimum Gasteiger partial charge on any atom is -0.369 e. The first kappa shape index (κ1) is 21.4. The fraction of sp³-hybridized carbons (Fsp3) is 0.391. The number of ketones is 1. The molecule has 2 aliphatic rings. The van der Waals surface area contributed by atoms with Crippen LogP contribution in [0.3, 0.4) is 0 Å². The Morgan fingerprint density at radius 1 is 1.03 bits per heavy atom. The van der Waals surface area contributed by atoms with Crippen molar-refractivity contribution in [2.45, 2.75) is 25.1 Å². The smallest absolute Gasteiger partial charge is 0.369 e. The number of amides is 1. The number of anilines is 1. The molecule has 1 unspecified atom stereocenters. The Kier molecular flexibility index (Phi) is 6.00. The third-order valence-corrected chi connectivity index (χ3v) is 5.91. The minimum absolute atomic E-state index is 0.00882. The molecule has 1 atom stereocenters. The van der Waals surface area contributed by atoms with Gasteiger partial charge in [0.15, 0.2) is 5.78 Å². The standard InChI is InChI=1S/C23H24F3N3O2/c24-23(25,26)18-2-1-3-19(14-18)29-12-10-28(11-13-29)15-21(30)17-6-4-16(5-7-17)20-8-9-22(31)27-20/h1-7,14,20H,8-13,15H2,(H,27,31). The highest BCUT2D eigenvalue weighted by Crippen LogP contribution is 2.32. The first-order valence-electron chi connectivity index (χ1n) is 10.4. The van der Waals surface area contributed by atoms with Gasteiger partial charge in [0.25, 0.3) is 0 Å². The molecule has 5 nitrogen and oxygen atoms in total. The van der Waals surface area contributed by atoms with Gasteiger partial charge in [0.05, 0.1) is 18.2 Å². The Morgan fingerprint density at radius 2 is 1.74 bits per heavy atom. The number of alkyl halides is 3. The van der Waals surface area contributed by atoms with Gasteiger partial charge in [0, 0.05) is 43.9 Å². The summed E-state index contributed by atoms with van der Waals surface area (Å²) in [4.78, 5) is 28.0. The quantitative estimate of drug-likeness (QED) is 0.735. The number of nitrogens with one attached hydrogen (secondary N) is 1. The number of benzene rings is 2. The van der Waals surface area contributed by atoms with Crippen LogP contribution in [0.15, 0.2) is 48.5 Å². The molecular formula is C23H24F3N3O2. The maximum atomic E-state index is 12.9. The summed E-state index contributed by atoms with van der Waals surface area (Å²) in [5.41, 5.74) is 1.52. The number of halogens is 3. The van der Waals surface area contributed by atoms with Crippen LogP contribution in [0.1, 0.15) is 40.4 Å². The largest absolute Gasteiger partial charge is 0.416 e. The second-order valence-corrected chi connectivity index (χ2v) is 8.02. The molecule has 2 aliphatic heterocycles. The molecule has 1 N–H and O–H groups in total. The van der Waals surface area contributed by atoms with Crippen molar-refractivity contribution in [2.75, 3.05) is 37.6 Å². The van der Waals surface area contributed by atoms with E-state index in [9.17, 15) is 22.8 Å². The second-order valence-electron chi connectivity index (χ2n) is 8.02. The molecule has 164 valence electrons. The Bertz CT molecular complexity index is 951. The van der Waals surface area contributed by atoms with E-state index in [0.717, 1.165) is 18.1 Å². The molecule has 4 rings (SSSR count). The summed E-state index contributed by atoms with van der Waals surface area (Å²) in [6.45, 7) is 2.61. The Balaban J connectivity index is 1.31. The van der Waals surface area contributed by atoms with E-state index >= 15 is 0 Å². The summed E-state index contributed by atoms with van der Waals surface area (Å²) < 4.78 is 38.8. The van der Waals surface area contributed by atoms with Gasteiger partial charge in [0.2, 0.25) is 5.91 Å². The second kappa shape index (κ2) is 8.70. The maximum absolute atomic E-state index is 12.9. The topological polar surface area (TPSA) is 52.7 Å². The normalized spacial score (nSPS) is 20.0. The van der Waals surface area contributed by atoms with Crippen LogP contribution >= 0.6 is 0 Å². The molecule has 0 bridgehead atoms. The van der Waals surface area contributed by atoms with E-state index in [1.165, 1.54) is 12.1 Å². The van der Waals surface area contributed by atoms with Gasteiger partial charge >= 0.3 is 6.18 Å². The van der Waals surface area contributed by atoms with Crippen molar-refractivity contribution in [3.05, 3.63) is 65.2 Å². The van der Waals surface area contributed by atoms with Crippen LogP contribution in [0.5, 0.6) is 0 Å². The number of nitrogens with zero attached hydrogens (tertiary/aromatic N) is 2. The van der Waals surface area contributed by atoms with Crippen molar-refractivity contribution in [3.63, 3.8) is 0 Å². The molecule has 1 amide bonds. The summed E-state index contributed by atoms with van der Waals surface area (Å²) in [7, 11) is 0. The van der Waals surface area contributed by atoms with E-state index in [-0.39, 0.29) is 24.3 Å². The van der Waals surface area contributed by atoms with Crippen molar-refractivity contribution >= 4 is 17.4 Å². The number of hydrogen-bond donors (Lipinski definition) is 1. The molecule has 2 saturated heterocycles. The average molecular weight is 431 g/mol. The van der Waals surface area contributed by atoms with Gasteiger partial charge in [-0.25, -0.2) is 0 Å². The summed E-state index contributed by atoms with van der Waals surface area (Å²) in [6, 6.07) is 12.7. The first-order chi connectivity index (χ1) is 14.8. The molecule has 0 aromatic heterocycles. The van der Waals surface area contributed by atoms with Crippen LogP contribution in [0.25, 0.3) is 0 Å². The van der Waals surface area contributed by atoms with E-state index < -0.39 is 11.7 Å². The van der Waals surface area contributed by atoms with E-state index in [0.29, 0.717) is 43.9 Å². The number of piperazine rings is 1. The summed E-state index contributed by atoms with van der Waals surface area (Å²) in [5.74, 6) is 0.0592. The highest BCUT2D eigenvalue weighted by atomic mass is 19.4. The van der Waals surface area contributed by atoms with Crippen LogP contribution < -0.4 is 10.2 Å². The maximum Gasteiger partial charge on any atom is 0.416 e. The number of Topliss-reactive ketones (excluding diaryl/α,β-unsaturated/α-hetero) is 1. The highest BCUT2D eigenvalue weighted by Gasteiger charge is 2.31. The van der Waals surface area contributed by atoms with Crippen molar-refractivity contribution < 1.29 is 22.8 Å². The molecule has 2 heterocycles. The fourth-order valence-corrected chi connectivity index (χ4v) is 4.10. The fourth-order valence-electron chi connectivity index (χ4n) is 4.10. The van der Waals surface area contributed by atoms with Gasteiger partial charge in [-0.1, -0.05) is 30.3 Å². The SMILES string of the molecule is O=C1CCC(c2ccc(C(=O)CN3CCN(c4cccc(C(F)(F)F)c4)CC3)cc2)N1. The predicted molar refractivity (Wildman–Crippen MR) is 111 cm³/mol. The van der Waals surface area contributed by atoms with Crippen LogP contribution in [-0.2, 0) is 11.0 Å². The van der Waals surface area contributed by atoms with Gasteiger partial charge in [-0.15, -0.1) is 0 Å². The van der Waals surface area contributed by atoms with Crippen LogP contribution in [-0.4, -0.2) is 49.3 Å². The molecule has 0 aliphatic carbocycles. The summed E-state index contributed by atoms with van der Waals surface area (Å²) in [6.07, 6.45) is -3.07. The van der Waals surface area contributed by atoms with Crippen molar-refractivity contribution in [1.82, 2.24) is 10.2 Å². The lowest BCUT2D eigenvalue weighted by Gasteiger charge is -2.36. The third kappa shape index (κ3) is 5.07. The molecule has 2 aromatic rings. The molecular weight excluding hydrogens is 407 g/mol. The number of carbonyl (C=O) groups is 2.